The molecule has 6 nitrogen and oxygen atoms in total. The van der Waals surface area contributed by atoms with Crippen LogP contribution in [0.3, 0.4) is 0 Å². The lowest BCUT2D eigenvalue weighted by molar-refractivity contribution is 0.0690. The standard InChI is InChI=1S/C17H11N3O3/c21-11-18-13-6-8-14(9-7-13)20-16(10-15(19-20)17(22)23)12-4-2-1-3-5-12/h1-10H,(H,22,23). The lowest BCUT2D eigenvalue weighted by atomic mass is 10.1. The first-order valence-corrected chi connectivity index (χ1v) is 6.76. The van der Waals surface area contributed by atoms with Gasteiger partial charge in [0.25, 0.3) is 0 Å². The van der Waals surface area contributed by atoms with Crippen molar-refractivity contribution in [3.8, 4) is 16.9 Å². The molecule has 0 amide bonds. The molecule has 0 aliphatic rings. The monoisotopic (exact) mass is 305 g/mol. The Labute approximate surface area is 131 Å². The number of rotatable bonds is 4. The highest BCUT2D eigenvalue weighted by Gasteiger charge is 2.15. The molecule has 0 atom stereocenters. The molecule has 0 saturated heterocycles. The normalized spacial score (nSPS) is 10.1. The Hall–Kier alpha value is -3.50. The van der Waals surface area contributed by atoms with Crippen LogP contribution in [0.1, 0.15) is 10.5 Å². The van der Waals surface area contributed by atoms with E-state index in [0.717, 1.165) is 5.56 Å². The lowest BCUT2D eigenvalue weighted by Gasteiger charge is -2.07. The average molecular weight is 305 g/mol. The van der Waals surface area contributed by atoms with Gasteiger partial charge in [0.2, 0.25) is 6.08 Å². The van der Waals surface area contributed by atoms with Gasteiger partial charge in [-0.15, -0.1) is 0 Å². The number of carboxylic acids is 1. The number of hydrogen-bond donors (Lipinski definition) is 1. The molecule has 112 valence electrons. The van der Waals surface area contributed by atoms with Crippen molar-refractivity contribution in [3.05, 3.63) is 66.4 Å². The Morgan fingerprint density at radius 3 is 2.39 bits per heavy atom. The number of hydrogen-bond acceptors (Lipinski definition) is 4. The molecule has 6 heteroatoms. The molecule has 1 N–H and O–H groups in total. The fraction of sp³-hybridized carbons (Fsp3) is 0. The molecule has 1 heterocycles. The molecule has 0 aliphatic heterocycles. The second-order valence-electron chi connectivity index (χ2n) is 4.72. The summed E-state index contributed by atoms with van der Waals surface area (Å²) in [6.45, 7) is 0. The highest BCUT2D eigenvalue weighted by molar-refractivity contribution is 5.87. The number of aliphatic imine (C=N–C) groups is 1. The summed E-state index contributed by atoms with van der Waals surface area (Å²) in [6.07, 6.45) is 1.47. The molecule has 23 heavy (non-hydrogen) atoms. The molecule has 3 rings (SSSR count). The van der Waals surface area contributed by atoms with E-state index in [1.165, 1.54) is 12.1 Å². The summed E-state index contributed by atoms with van der Waals surface area (Å²) in [6, 6.07) is 17.6. The highest BCUT2D eigenvalue weighted by atomic mass is 16.4. The van der Waals surface area contributed by atoms with Crippen molar-refractivity contribution in [2.75, 3.05) is 0 Å². The topological polar surface area (TPSA) is 84.5 Å². The SMILES string of the molecule is O=C=Nc1ccc(-n2nc(C(=O)O)cc2-c2ccccc2)cc1. The molecule has 0 saturated carbocycles. The molecular weight excluding hydrogens is 294 g/mol. The van der Waals surface area contributed by atoms with Gasteiger partial charge < -0.3 is 5.11 Å². The predicted octanol–water partition coefficient (Wildman–Crippen LogP) is 3.20. The summed E-state index contributed by atoms with van der Waals surface area (Å²) in [5, 5.41) is 13.3. The maximum Gasteiger partial charge on any atom is 0.356 e. The van der Waals surface area contributed by atoms with Gasteiger partial charge in [-0.1, -0.05) is 30.3 Å². The van der Waals surface area contributed by atoms with Crippen LogP contribution in [-0.2, 0) is 4.79 Å². The first-order valence-electron chi connectivity index (χ1n) is 6.76. The van der Waals surface area contributed by atoms with Crippen molar-refractivity contribution in [1.29, 1.82) is 0 Å². The molecule has 0 unspecified atom stereocenters. The van der Waals surface area contributed by atoms with E-state index in [1.807, 2.05) is 30.3 Å². The summed E-state index contributed by atoms with van der Waals surface area (Å²) in [4.78, 5) is 25.0. The van der Waals surface area contributed by atoms with Gasteiger partial charge in [0.1, 0.15) is 0 Å². The van der Waals surface area contributed by atoms with Crippen LogP contribution in [0, 0.1) is 0 Å². The second-order valence-corrected chi connectivity index (χ2v) is 4.72. The van der Waals surface area contributed by atoms with E-state index < -0.39 is 5.97 Å². The Morgan fingerprint density at radius 1 is 1.09 bits per heavy atom. The molecule has 3 aromatic rings. The van der Waals surface area contributed by atoms with E-state index in [1.54, 1.807) is 28.9 Å². The van der Waals surface area contributed by atoms with Crippen LogP contribution < -0.4 is 0 Å². The minimum atomic E-state index is -1.09. The summed E-state index contributed by atoms with van der Waals surface area (Å²) in [7, 11) is 0. The van der Waals surface area contributed by atoms with E-state index in [9.17, 15) is 14.7 Å². The van der Waals surface area contributed by atoms with Crippen molar-refractivity contribution in [2.45, 2.75) is 0 Å². The maximum atomic E-state index is 11.2. The largest absolute Gasteiger partial charge is 0.476 e. The maximum absolute atomic E-state index is 11.2. The average Bonchev–Trinajstić information content (AvgIpc) is 3.02. The van der Waals surface area contributed by atoms with Crippen molar-refractivity contribution >= 4 is 17.7 Å². The number of aromatic nitrogens is 2. The van der Waals surface area contributed by atoms with Crippen molar-refractivity contribution < 1.29 is 14.7 Å². The van der Waals surface area contributed by atoms with E-state index in [2.05, 4.69) is 10.1 Å². The smallest absolute Gasteiger partial charge is 0.356 e. The number of carboxylic acid groups (broad SMARTS) is 1. The number of nitrogens with zero attached hydrogens (tertiary/aromatic N) is 3. The highest BCUT2D eigenvalue weighted by Crippen LogP contribution is 2.25. The molecular formula is C17H11N3O3. The molecule has 0 bridgehead atoms. The lowest BCUT2D eigenvalue weighted by Crippen LogP contribution is -2.02. The molecule has 0 fully saturated rings. The van der Waals surface area contributed by atoms with E-state index >= 15 is 0 Å². The first-order chi connectivity index (χ1) is 11.2. The zero-order chi connectivity index (χ0) is 16.2. The Morgan fingerprint density at radius 2 is 1.78 bits per heavy atom. The summed E-state index contributed by atoms with van der Waals surface area (Å²) < 4.78 is 1.55. The van der Waals surface area contributed by atoms with Crippen LogP contribution in [0.2, 0.25) is 0 Å². The van der Waals surface area contributed by atoms with Crippen LogP contribution in [0.4, 0.5) is 5.69 Å². The number of isocyanates is 1. The number of carbonyl (C=O) groups is 1. The summed E-state index contributed by atoms with van der Waals surface area (Å²) in [5.41, 5.74) is 2.60. The number of benzene rings is 2. The minimum absolute atomic E-state index is 0.0427. The molecule has 2 aromatic carbocycles. The molecule has 1 aromatic heterocycles. The van der Waals surface area contributed by atoms with Crippen LogP contribution in [0.25, 0.3) is 16.9 Å². The molecule has 0 aliphatic carbocycles. The third kappa shape index (κ3) is 2.92. The summed E-state index contributed by atoms with van der Waals surface area (Å²) in [5.74, 6) is -1.09. The number of aromatic carboxylic acids is 1. The Kier molecular flexibility index (Phi) is 3.82. The van der Waals surface area contributed by atoms with Crippen LogP contribution in [0.5, 0.6) is 0 Å². The van der Waals surface area contributed by atoms with Gasteiger partial charge in [0.15, 0.2) is 5.69 Å². The van der Waals surface area contributed by atoms with Crippen LogP contribution >= 0.6 is 0 Å². The van der Waals surface area contributed by atoms with Gasteiger partial charge in [-0.2, -0.15) is 10.1 Å². The second kappa shape index (κ2) is 6.09. The third-order valence-corrected chi connectivity index (χ3v) is 3.27. The fourth-order valence-electron chi connectivity index (χ4n) is 2.22. The van der Waals surface area contributed by atoms with E-state index in [4.69, 9.17) is 0 Å². The predicted molar refractivity (Wildman–Crippen MR) is 83.7 cm³/mol. The van der Waals surface area contributed by atoms with Gasteiger partial charge in [-0.05, 0) is 30.3 Å². The Bertz CT molecular complexity index is 893. The van der Waals surface area contributed by atoms with Crippen molar-refractivity contribution in [2.24, 2.45) is 4.99 Å². The van der Waals surface area contributed by atoms with Crippen LogP contribution in [-0.4, -0.2) is 26.9 Å². The van der Waals surface area contributed by atoms with Gasteiger partial charge in [0, 0.05) is 5.56 Å². The fourth-order valence-corrected chi connectivity index (χ4v) is 2.22. The minimum Gasteiger partial charge on any atom is -0.476 e. The number of carbonyl (C=O) groups excluding carboxylic acids is 1. The van der Waals surface area contributed by atoms with E-state index in [0.29, 0.717) is 17.1 Å². The van der Waals surface area contributed by atoms with Crippen LogP contribution in [0.15, 0.2) is 65.7 Å². The third-order valence-electron chi connectivity index (χ3n) is 3.27. The van der Waals surface area contributed by atoms with Crippen molar-refractivity contribution in [1.82, 2.24) is 9.78 Å². The zero-order valence-electron chi connectivity index (χ0n) is 11.9. The van der Waals surface area contributed by atoms with E-state index in [-0.39, 0.29) is 5.69 Å². The van der Waals surface area contributed by atoms with Gasteiger partial charge in [0.05, 0.1) is 17.1 Å². The molecule has 0 radical (unpaired) electrons. The summed E-state index contributed by atoms with van der Waals surface area (Å²) >= 11 is 0. The quantitative estimate of drug-likeness (QED) is 0.592. The Balaban J connectivity index is 2.14. The first kappa shape index (κ1) is 14.4. The van der Waals surface area contributed by atoms with Gasteiger partial charge in [-0.3, -0.25) is 0 Å². The van der Waals surface area contributed by atoms with Gasteiger partial charge >= 0.3 is 5.97 Å². The zero-order valence-corrected chi connectivity index (χ0v) is 11.9. The van der Waals surface area contributed by atoms with Crippen molar-refractivity contribution in [3.63, 3.8) is 0 Å². The van der Waals surface area contributed by atoms with Gasteiger partial charge in [-0.25, -0.2) is 14.3 Å². The molecule has 0 spiro atoms.